The third-order valence-electron chi connectivity index (χ3n) is 4.19. The van der Waals surface area contributed by atoms with Crippen LogP contribution in [0.1, 0.15) is 46.5 Å². The number of carbonyl (C=O) groups excluding carboxylic acids is 1. The molecule has 0 aromatic heterocycles. The normalized spacial score (nSPS) is 13.2. The number of quaternary nitrogens is 1. The SMILES string of the molecule is CCC(C)(C)C(=O)NCCC[N+](C)(C)CCCCP(=O)(O)O. The zero-order valence-corrected chi connectivity index (χ0v) is 15.7. The summed E-state index contributed by atoms with van der Waals surface area (Å²) in [4.78, 5) is 29.6. The largest absolute Gasteiger partial charge is 0.355 e. The maximum Gasteiger partial charge on any atom is 0.325 e. The lowest BCUT2D eigenvalue weighted by molar-refractivity contribution is -0.890. The van der Waals surface area contributed by atoms with Crippen molar-refractivity contribution in [3.8, 4) is 0 Å². The number of carbonyl (C=O) groups is 1. The molecule has 0 saturated carbocycles. The Hall–Kier alpha value is -0.420. The molecule has 0 heterocycles. The molecule has 132 valence electrons. The Bertz CT molecular complexity index is 391. The number of hydrogen-bond donors (Lipinski definition) is 3. The predicted octanol–water partition coefficient (Wildman–Crippen LogP) is 1.96. The molecule has 0 aliphatic rings. The molecule has 1 amide bonds. The minimum Gasteiger partial charge on any atom is -0.355 e. The Morgan fingerprint density at radius 3 is 2.18 bits per heavy atom. The highest BCUT2D eigenvalue weighted by Gasteiger charge is 2.24. The van der Waals surface area contributed by atoms with Crippen molar-refractivity contribution in [2.24, 2.45) is 5.41 Å². The molecule has 0 saturated heterocycles. The Morgan fingerprint density at radius 2 is 1.68 bits per heavy atom. The first-order valence-corrected chi connectivity index (χ1v) is 9.84. The van der Waals surface area contributed by atoms with Crippen molar-refractivity contribution in [1.29, 1.82) is 0 Å². The molecule has 0 aromatic carbocycles. The lowest BCUT2D eigenvalue weighted by Crippen LogP contribution is -2.43. The van der Waals surface area contributed by atoms with Gasteiger partial charge < -0.3 is 19.6 Å². The van der Waals surface area contributed by atoms with Gasteiger partial charge in [0.1, 0.15) is 0 Å². The van der Waals surface area contributed by atoms with E-state index in [1.54, 1.807) is 0 Å². The van der Waals surface area contributed by atoms with Crippen LogP contribution in [0.2, 0.25) is 0 Å². The molecule has 0 atom stereocenters. The molecular formula is C15H34N2O4P+. The maximum absolute atomic E-state index is 11.9. The molecular weight excluding hydrogens is 303 g/mol. The summed E-state index contributed by atoms with van der Waals surface area (Å²) in [5, 5.41) is 2.98. The molecule has 0 unspecified atom stereocenters. The van der Waals surface area contributed by atoms with Gasteiger partial charge in [-0.2, -0.15) is 0 Å². The van der Waals surface area contributed by atoms with Gasteiger partial charge in [0.2, 0.25) is 5.91 Å². The van der Waals surface area contributed by atoms with Gasteiger partial charge >= 0.3 is 7.60 Å². The minimum atomic E-state index is -3.86. The van der Waals surface area contributed by atoms with Crippen molar-refractivity contribution >= 4 is 13.5 Å². The summed E-state index contributed by atoms with van der Waals surface area (Å²) in [5.74, 6) is 0.0990. The van der Waals surface area contributed by atoms with E-state index in [2.05, 4.69) is 19.4 Å². The number of amides is 1. The zero-order valence-electron chi connectivity index (χ0n) is 14.8. The topological polar surface area (TPSA) is 86.6 Å². The monoisotopic (exact) mass is 337 g/mol. The van der Waals surface area contributed by atoms with Crippen LogP contribution in [0.5, 0.6) is 0 Å². The van der Waals surface area contributed by atoms with Gasteiger partial charge in [-0.1, -0.05) is 20.8 Å². The molecule has 0 fully saturated rings. The highest BCUT2D eigenvalue weighted by molar-refractivity contribution is 7.51. The van der Waals surface area contributed by atoms with Crippen LogP contribution in [-0.2, 0) is 9.36 Å². The van der Waals surface area contributed by atoms with E-state index >= 15 is 0 Å². The van der Waals surface area contributed by atoms with Crippen molar-refractivity contribution in [2.75, 3.05) is 39.9 Å². The quantitative estimate of drug-likeness (QED) is 0.306. The molecule has 0 aliphatic heterocycles. The van der Waals surface area contributed by atoms with Crippen LogP contribution in [-0.4, -0.2) is 60.1 Å². The molecule has 0 aromatic rings. The molecule has 7 heteroatoms. The van der Waals surface area contributed by atoms with Crippen LogP contribution in [0, 0.1) is 5.41 Å². The van der Waals surface area contributed by atoms with E-state index in [1.807, 2.05) is 20.8 Å². The average Bonchev–Trinajstić information content (AvgIpc) is 2.38. The van der Waals surface area contributed by atoms with Crippen LogP contribution in [0.25, 0.3) is 0 Å². The van der Waals surface area contributed by atoms with E-state index in [1.165, 1.54) is 0 Å². The van der Waals surface area contributed by atoms with E-state index in [-0.39, 0.29) is 17.5 Å². The van der Waals surface area contributed by atoms with Gasteiger partial charge in [0.15, 0.2) is 0 Å². The van der Waals surface area contributed by atoms with Crippen LogP contribution in [0.4, 0.5) is 0 Å². The average molecular weight is 337 g/mol. The van der Waals surface area contributed by atoms with E-state index in [0.717, 1.165) is 36.8 Å². The smallest absolute Gasteiger partial charge is 0.325 e. The summed E-state index contributed by atoms with van der Waals surface area (Å²) < 4.78 is 11.6. The molecule has 22 heavy (non-hydrogen) atoms. The second-order valence-corrected chi connectivity index (χ2v) is 9.10. The van der Waals surface area contributed by atoms with Crippen molar-refractivity contribution < 1.29 is 23.6 Å². The van der Waals surface area contributed by atoms with Gasteiger partial charge in [0.05, 0.1) is 33.3 Å². The van der Waals surface area contributed by atoms with Gasteiger partial charge in [-0.05, 0) is 19.3 Å². The van der Waals surface area contributed by atoms with Gasteiger partial charge in [0, 0.05) is 18.4 Å². The fourth-order valence-corrected chi connectivity index (χ4v) is 2.71. The van der Waals surface area contributed by atoms with Crippen molar-refractivity contribution in [3.05, 3.63) is 0 Å². The number of unbranched alkanes of at least 4 members (excludes halogenated alkanes) is 1. The van der Waals surface area contributed by atoms with E-state index in [9.17, 15) is 9.36 Å². The summed E-state index contributed by atoms with van der Waals surface area (Å²) in [7, 11) is 0.354. The van der Waals surface area contributed by atoms with E-state index < -0.39 is 7.60 Å². The highest BCUT2D eigenvalue weighted by atomic mass is 31.2. The molecule has 0 spiro atoms. The molecule has 3 N–H and O–H groups in total. The Morgan fingerprint density at radius 1 is 1.14 bits per heavy atom. The molecule has 0 bridgehead atoms. The fraction of sp³-hybridized carbons (Fsp3) is 0.933. The van der Waals surface area contributed by atoms with Crippen molar-refractivity contribution in [3.63, 3.8) is 0 Å². The van der Waals surface area contributed by atoms with Crippen LogP contribution in [0.3, 0.4) is 0 Å². The minimum absolute atomic E-state index is 0.0326. The van der Waals surface area contributed by atoms with Gasteiger partial charge in [-0.25, -0.2) is 0 Å². The first kappa shape index (κ1) is 21.6. The number of rotatable bonds is 11. The summed E-state index contributed by atoms with van der Waals surface area (Å²) in [5.41, 5.74) is -0.313. The Balaban J connectivity index is 3.89. The summed E-state index contributed by atoms with van der Waals surface area (Å²) in [6, 6.07) is 0. The van der Waals surface area contributed by atoms with E-state index in [4.69, 9.17) is 9.79 Å². The van der Waals surface area contributed by atoms with Gasteiger partial charge in [-0.3, -0.25) is 9.36 Å². The van der Waals surface area contributed by atoms with Gasteiger partial charge in [-0.15, -0.1) is 0 Å². The van der Waals surface area contributed by atoms with Crippen molar-refractivity contribution in [2.45, 2.75) is 46.5 Å². The van der Waals surface area contributed by atoms with Gasteiger partial charge in [0.25, 0.3) is 0 Å². The lowest BCUT2D eigenvalue weighted by atomic mass is 9.89. The Kier molecular flexibility index (Phi) is 8.85. The molecule has 0 radical (unpaired) electrons. The lowest BCUT2D eigenvalue weighted by Gasteiger charge is -2.30. The first-order valence-electron chi connectivity index (χ1n) is 8.04. The standard InChI is InChI=1S/C15H33N2O4P/c1-6-15(2,3)14(18)16-10-9-12-17(4,5)11-7-8-13-22(19,20)21/h6-13H2,1-5H3,(H2-,16,18,19,20,21)/p+1. The number of hydrogen-bond acceptors (Lipinski definition) is 2. The van der Waals surface area contributed by atoms with E-state index in [0.29, 0.717) is 13.0 Å². The highest BCUT2D eigenvalue weighted by Crippen LogP contribution is 2.35. The fourth-order valence-electron chi connectivity index (χ4n) is 2.08. The third kappa shape index (κ3) is 10.3. The summed E-state index contributed by atoms with van der Waals surface area (Å²) in [6.45, 7) is 8.40. The number of nitrogens with zero attached hydrogens (tertiary/aromatic N) is 1. The van der Waals surface area contributed by atoms with Crippen LogP contribution in [0.15, 0.2) is 0 Å². The zero-order chi connectivity index (χ0) is 17.4. The summed E-state index contributed by atoms with van der Waals surface area (Å²) >= 11 is 0. The predicted molar refractivity (Wildman–Crippen MR) is 89.7 cm³/mol. The first-order chi connectivity index (χ1) is 9.90. The maximum atomic E-state index is 11.9. The summed E-state index contributed by atoms with van der Waals surface area (Å²) in [6.07, 6.45) is 3.03. The molecule has 0 aliphatic carbocycles. The number of nitrogens with one attached hydrogen (secondary N) is 1. The third-order valence-corrected chi connectivity index (χ3v) is 5.09. The van der Waals surface area contributed by atoms with Crippen molar-refractivity contribution in [1.82, 2.24) is 5.32 Å². The van der Waals surface area contributed by atoms with Crippen LogP contribution >= 0.6 is 7.60 Å². The molecule has 6 nitrogen and oxygen atoms in total. The Labute approximate surface area is 135 Å². The second-order valence-electron chi connectivity index (χ2n) is 7.33. The second kappa shape index (κ2) is 9.02. The van der Waals surface area contributed by atoms with Crippen LogP contribution < -0.4 is 5.32 Å². The molecule has 0 rings (SSSR count).